The molecule has 1 aromatic heterocycles. The maximum absolute atomic E-state index is 5.76. The van der Waals surface area contributed by atoms with E-state index in [-0.39, 0.29) is 6.04 Å². The van der Waals surface area contributed by atoms with E-state index in [2.05, 4.69) is 5.10 Å². The Labute approximate surface area is 71.5 Å². The van der Waals surface area contributed by atoms with Crippen LogP contribution in [0.5, 0.6) is 0 Å². The molecule has 6 N–H and O–H groups in total. The minimum atomic E-state index is 0.215. The molecule has 0 amide bonds. The summed E-state index contributed by atoms with van der Waals surface area (Å²) in [5.74, 6) is 1.01. The normalized spacial score (nSPS) is 11.0. The lowest BCUT2D eigenvalue weighted by molar-refractivity contribution is 0.542. The van der Waals surface area contributed by atoms with Crippen molar-refractivity contribution in [1.29, 1.82) is 0 Å². The first-order chi connectivity index (χ1) is 5.57. The predicted octanol–water partition coefficient (Wildman–Crippen LogP) is 0.0871. The fourth-order valence-corrected chi connectivity index (χ4v) is 1.10. The van der Waals surface area contributed by atoms with E-state index in [0.29, 0.717) is 18.2 Å². The smallest absolute Gasteiger partial charge is 0.152 e. The fourth-order valence-electron chi connectivity index (χ4n) is 1.10. The third-order valence-electron chi connectivity index (χ3n) is 1.77. The molecule has 0 aliphatic carbocycles. The van der Waals surface area contributed by atoms with Crippen LogP contribution in [-0.4, -0.2) is 9.78 Å². The standard InChI is InChI=1S/C7H15N5/c1-4(2)12-7(10)5(3-8)6(9)11-12/h4H,3,8,10H2,1-2H3,(H2,9,11). The summed E-state index contributed by atoms with van der Waals surface area (Å²) in [4.78, 5) is 0. The lowest BCUT2D eigenvalue weighted by Crippen LogP contribution is -2.08. The van der Waals surface area contributed by atoms with Crippen molar-refractivity contribution in [3.8, 4) is 0 Å². The molecule has 12 heavy (non-hydrogen) atoms. The van der Waals surface area contributed by atoms with Crippen LogP contribution in [0.1, 0.15) is 25.5 Å². The van der Waals surface area contributed by atoms with E-state index in [4.69, 9.17) is 17.2 Å². The van der Waals surface area contributed by atoms with E-state index in [1.807, 2.05) is 13.8 Å². The molecule has 68 valence electrons. The second-order valence-corrected chi connectivity index (χ2v) is 2.99. The van der Waals surface area contributed by atoms with Crippen LogP contribution < -0.4 is 17.2 Å². The van der Waals surface area contributed by atoms with Crippen LogP contribution in [-0.2, 0) is 6.54 Å². The molecule has 0 saturated carbocycles. The summed E-state index contributed by atoms with van der Waals surface area (Å²) >= 11 is 0. The van der Waals surface area contributed by atoms with E-state index < -0.39 is 0 Å². The minimum Gasteiger partial charge on any atom is -0.384 e. The van der Waals surface area contributed by atoms with Gasteiger partial charge in [-0.25, -0.2) is 4.68 Å². The van der Waals surface area contributed by atoms with Gasteiger partial charge in [0.15, 0.2) is 5.82 Å². The molecule has 0 fully saturated rings. The van der Waals surface area contributed by atoms with Gasteiger partial charge < -0.3 is 17.2 Å². The number of nitrogen functional groups attached to an aromatic ring is 2. The van der Waals surface area contributed by atoms with Crippen LogP contribution in [0, 0.1) is 0 Å². The van der Waals surface area contributed by atoms with E-state index in [1.165, 1.54) is 0 Å². The predicted molar refractivity (Wildman–Crippen MR) is 49.3 cm³/mol. The molecule has 0 bridgehead atoms. The Balaban J connectivity index is 3.17. The van der Waals surface area contributed by atoms with Gasteiger partial charge in [0, 0.05) is 12.6 Å². The van der Waals surface area contributed by atoms with Gasteiger partial charge in [-0.3, -0.25) is 0 Å². The number of anilines is 2. The van der Waals surface area contributed by atoms with Gasteiger partial charge in [0.05, 0.1) is 5.56 Å². The summed E-state index contributed by atoms with van der Waals surface area (Å²) in [6.07, 6.45) is 0. The van der Waals surface area contributed by atoms with E-state index in [1.54, 1.807) is 4.68 Å². The minimum absolute atomic E-state index is 0.215. The summed E-state index contributed by atoms with van der Waals surface area (Å²) in [6, 6.07) is 0.215. The van der Waals surface area contributed by atoms with Gasteiger partial charge in [0.1, 0.15) is 5.82 Å². The molecule has 1 heterocycles. The molecular formula is C7H15N5. The number of rotatable bonds is 2. The van der Waals surface area contributed by atoms with Crippen LogP contribution in [0.25, 0.3) is 0 Å². The second-order valence-electron chi connectivity index (χ2n) is 2.99. The lowest BCUT2D eigenvalue weighted by atomic mass is 10.3. The van der Waals surface area contributed by atoms with Crippen LogP contribution >= 0.6 is 0 Å². The van der Waals surface area contributed by atoms with Gasteiger partial charge in [-0.1, -0.05) is 0 Å². The lowest BCUT2D eigenvalue weighted by Gasteiger charge is -2.06. The molecule has 0 aromatic carbocycles. The van der Waals surface area contributed by atoms with Crippen molar-refractivity contribution in [2.24, 2.45) is 5.73 Å². The van der Waals surface area contributed by atoms with Gasteiger partial charge in [0.2, 0.25) is 0 Å². The number of nitrogens with two attached hydrogens (primary N) is 3. The van der Waals surface area contributed by atoms with Crippen molar-refractivity contribution in [1.82, 2.24) is 9.78 Å². The molecule has 0 saturated heterocycles. The largest absolute Gasteiger partial charge is 0.384 e. The number of nitrogens with zero attached hydrogens (tertiary/aromatic N) is 2. The SMILES string of the molecule is CC(C)n1nc(N)c(CN)c1N. The Morgan fingerprint density at radius 1 is 1.42 bits per heavy atom. The van der Waals surface area contributed by atoms with E-state index in [9.17, 15) is 0 Å². The van der Waals surface area contributed by atoms with Gasteiger partial charge in [0.25, 0.3) is 0 Å². The highest BCUT2D eigenvalue weighted by Crippen LogP contribution is 2.21. The van der Waals surface area contributed by atoms with Crippen LogP contribution in [0.4, 0.5) is 11.6 Å². The maximum Gasteiger partial charge on any atom is 0.152 e. The number of hydrogen-bond donors (Lipinski definition) is 3. The first kappa shape index (κ1) is 8.86. The maximum atomic E-state index is 5.76. The Hall–Kier alpha value is -1.23. The van der Waals surface area contributed by atoms with Gasteiger partial charge in [-0.05, 0) is 13.8 Å². The molecule has 1 rings (SSSR count). The summed E-state index contributed by atoms with van der Waals surface area (Å²) in [7, 11) is 0. The van der Waals surface area contributed by atoms with Gasteiger partial charge in [-0.15, -0.1) is 0 Å². The average molecular weight is 169 g/mol. The second kappa shape index (κ2) is 3.02. The molecule has 0 atom stereocenters. The number of hydrogen-bond acceptors (Lipinski definition) is 4. The average Bonchev–Trinajstić information content (AvgIpc) is 2.27. The van der Waals surface area contributed by atoms with Crippen molar-refractivity contribution in [3.05, 3.63) is 5.56 Å². The van der Waals surface area contributed by atoms with Gasteiger partial charge in [-0.2, -0.15) is 5.10 Å². The molecule has 0 spiro atoms. The van der Waals surface area contributed by atoms with Crippen LogP contribution in [0.15, 0.2) is 0 Å². The van der Waals surface area contributed by atoms with Crippen molar-refractivity contribution in [2.75, 3.05) is 11.5 Å². The van der Waals surface area contributed by atoms with E-state index in [0.717, 1.165) is 5.56 Å². The third kappa shape index (κ3) is 1.23. The van der Waals surface area contributed by atoms with Gasteiger partial charge >= 0.3 is 0 Å². The Morgan fingerprint density at radius 3 is 2.25 bits per heavy atom. The van der Waals surface area contributed by atoms with Crippen molar-refractivity contribution >= 4 is 11.6 Å². The first-order valence-electron chi connectivity index (χ1n) is 3.90. The first-order valence-corrected chi connectivity index (χ1v) is 3.90. The fraction of sp³-hybridized carbons (Fsp3) is 0.571. The zero-order valence-electron chi connectivity index (χ0n) is 7.41. The highest BCUT2D eigenvalue weighted by atomic mass is 15.3. The summed E-state index contributed by atoms with van der Waals surface area (Å²) < 4.78 is 1.68. The molecular weight excluding hydrogens is 154 g/mol. The summed E-state index contributed by atoms with van der Waals surface area (Å²) in [5, 5.41) is 4.07. The zero-order valence-corrected chi connectivity index (χ0v) is 7.41. The van der Waals surface area contributed by atoms with Crippen LogP contribution in [0.3, 0.4) is 0 Å². The molecule has 1 aromatic rings. The molecule has 5 nitrogen and oxygen atoms in total. The zero-order chi connectivity index (χ0) is 9.30. The quantitative estimate of drug-likeness (QED) is 0.584. The highest BCUT2D eigenvalue weighted by molar-refractivity contribution is 5.54. The summed E-state index contributed by atoms with van der Waals surface area (Å²) in [5.41, 5.74) is 17.5. The van der Waals surface area contributed by atoms with E-state index >= 15 is 0 Å². The Kier molecular flexibility index (Phi) is 2.23. The molecule has 0 unspecified atom stereocenters. The van der Waals surface area contributed by atoms with Crippen molar-refractivity contribution < 1.29 is 0 Å². The topological polar surface area (TPSA) is 95.9 Å². The van der Waals surface area contributed by atoms with Crippen LogP contribution in [0.2, 0.25) is 0 Å². The Bertz CT molecular complexity index is 276. The Morgan fingerprint density at radius 2 is 2.00 bits per heavy atom. The number of aromatic nitrogens is 2. The molecule has 0 aliphatic heterocycles. The summed E-state index contributed by atoms with van der Waals surface area (Å²) in [6.45, 7) is 4.32. The van der Waals surface area contributed by atoms with Crippen molar-refractivity contribution in [3.63, 3.8) is 0 Å². The molecule has 5 heteroatoms. The molecule has 0 radical (unpaired) electrons. The molecule has 0 aliphatic rings. The third-order valence-corrected chi connectivity index (χ3v) is 1.77. The highest BCUT2D eigenvalue weighted by Gasteiger charge is 2.12. The monoisotopic (exact) mass is 169 g/mol. The van der Waals surface area contributed by atoms with Crippen molar-refractivity contribution in [2.45, 2.75) is 26.4 Å².